The summed E-state index contributed by atoms with van der Waals surface area (Å²) in [4.78, 5) is 0. The van der Waals surface area contributed by atoms with Crippen molar-refractivity contribution in [3.05, 3.63) is 17.5 Å². The quantitative estimate of drug-likeness (QED) is 0.736. The maximum atomic E-state index is 9.67. The van der Waals surface area contributed by atoms with Crippen LogP contribution in [0, 0.1) is 6.92 Å². The van der Waals surface area contributed by atoms with Gasteiger partial charge in [-0.25, -0.2) is 0 Å². The molecule has 1 heterocycles. The monoisotopic (exact) mass is 184 g/mol. The van der Waals surface area contributed by atoms with Gasteiger partial charge in [-0.1, -0.05) is 18.5 Å². The summed E-state index contributed by atoms with van der Waals surface area (Å²) in [6, 6.07) is 1.44. The van der Waals surface area contributed by atoms with Gasteiger partial charge in [0.05, 0.1) is 5.69 Å². The van der Waals surface area contributed by atoms with Gasteiger partial charge in [-0.3, -0.25) is 0 Å². The standard InChI is InChI=1S/C9H16N2O2/c1-3-4-7(10)9(12)8-5-6(2)11-13-8/h5,7,9,12H,3-4,10H2,1-2H3. The molecular weight excluding hydrogens is 168 g/mol. The summed E-state index contributed by atoms with van der Waals surface area (Å²) in [7, 11) is 0. The lowest BCUT2D eigenvalue weighted by Crippen LogP contribution is -2.27. The molecule has 0 bridgehead atoms. The molecule has 1 aromatic rings. The zero-order chi connectivity index (χ0) is 9.84. The molecule has 0 spiro atoms. The zero-order valence-electron chi connectivity index (χ0n) is 8.03. The van der Waals surface area contributed by atoms with Gasteiger partial charge in [0.1, 0.15) is 6.10 Å². The summed E-state index contributed by atoms with van der Waals surface area (Å²) in [5.74, 6) is 0.457. The van der Waals surface area contributed by atoms with Crippen LogP contribution in [0.2, 0.25) is 0 Å². The highest BCUT2D eigenvalue weighted by Gasteiger charge is 2.19. The lowest BCUT2D eigenvalue weighted by atomic mass is 10.0. The van der Waals surface area contributed by atoms with Crippen LogP contribution >= 0.6 is 0 Å². The molecule has 2 unspecified atom stereocenters. The number of aromatic nitrogens is 1. The van der Waals surface area contributed by atoms with Crippen molar-refractivity contribution in [3.63, 3.8) is 0 Å². The summed E-state index contributed by atoms with van der Waals surface area (Å²) in [5, 5.41) is 13.4. The predicted molar refractivity (Wildman–Crippen MR) is 49.1 cm³/mol. The summed E-state index contributed by atoms with van der Waals surface area (Å²) in [5.41, 5.74) is 6.49. The lowest BCUT2D eigenvalue weighted by molar-refractivity contribution is 0.109. The zero-order valence-corrected chi connectivity index (χ0v) is 8.03. The molecule has 0 saturated heterocycles. The normalized spacial score (nSPS) is 15.7. The molecule has 1 rings (SSSR count). The van der Waals surface area contributed by atoms with Gasteiger partial charge in [0, 0.05) is 12.1 Å². The van der Waals surface area contributed by atoms with E-state index >= 15 is 0 Å². The highest BCUT2D eigenvalue weighted by atomic mass is 16.5. The van der Waals surface area contributed by atoms with Crippen LogP contribution in [0.15, 0.2) is 10.6 Å². The number of nitrogens with two attached hydrogens (primary N) is 1. The van der Waals surface area contributed by atoms with E-state index in [-0.39, 0.29) is 6.04 Å². The van der Waals surface area contributed by atoms with Crippen LogP contribution in [0.4, 0.5) is 0 Å². The first-order valence-corrected chi connectivity index (χ1v) is 4.52. The average molecular weight is 184 g/mol. The lowest BCUT2D eigenvalue weighted by Gasteiger charge is -2.14. The van der Waals surface area contributed by atoms with Crippen molar-refractivity contribution >= 4 is 0 Å². The second-order valence-corrected chi connectivity index (χ2v) is 3.27. The second kappa shape index (κ2) is 4.39. The predicted octanol–water partition coefficient (Wildman–Crippen LogP) is 1.14. The van der Waals surface area contributed by atoms with E-state index in [1.807, 2.05) is 13.8 Å². The molecule has 0 aromatic carbocycles. The van der Waals surface area contributed by atoms with Crippen molar-refractivity contribution in [3.8, 4) is 0 Å². The van der Waals surface area contributed by atoms with Gasteiger partial charge in [0.15, 0.2) is 5.76 Å². The third-order valence-electron chi connectivity index (χ3n) is 1.97. The minimum Gasteiger partial charge on any atom is -0.383 e. The number of nitrogens with zero attached hydrogens (tertiary/aromatic N) is 1. The fourth-order valence-corrected chi connectivity index (χ4v) is 1.22. The topological polar surface area (TPSA) is 72.3 Å². The maximum absolute atomic E-state index is 9.67. The highest BCUT2D eigenvalue weighted by Crippen LogP contribution is 2.18. The first-order valence-electron chi connectivity index (χ1n) is 4.52. The van der Waals surface area contributed by atoms with Crippen LogP contribution in [0.25, 0.3) is 0 Å². The molecule has 4 nitrogen and oxygen atoms in total. The van der Waals surface area contributed by atoms with Crippen LogP contribution in [0.1, 0.15) is 37.3 Å². The molecular formula is C9H16N2O2. The summed E-state index contributed by atoms with van der Waals surface area (Å²) in [6.07, 6.45) is 0.993. The van der Waals surface area contributed by atoms with E-state index in [0.717, 1.165) is 18.5 Å². The van der Waals surface area contributed by atoms with Crippen molar-refractivity contribution in [1.29, 1.82) is 0 Å². The van der Waals surface area contributed by atoms with Gasteiger partial charge >= 0.3 is 0 Å². The van der Waals surface area contributed by atoms with Crippen LogP contribution in [-0.4, -0.2) is 16.3 Å². The minimum atomic E-state index is -0.735. The summed E-state index contributed by atoms with van der Waals surface area (Å²) < 4.78 is 4.91. The molecule has 4 heteroatoms. The Hall–Kier alpha value is -0.870. The van der Waals surface area contributed by atoms with Crippen molar-refractivity contribution < 1.29 is 9.63 Å². The van der Waals surface area contributed by atoms with E-state index < -0.39 is 6.10 Å². The molecule has 2 atom stereocenters. The van der Waals surface area contributed by atoms with Gasteiger partial charge in [-0.05, 0) is 13.3 Å². The van der Waals surface area contributed by atoms with Gasteiger partial charge < -0.3 is 15.4 Å². The Bertz CT molecular complexity index is 260. The first kappa shape index (κ1) is 10.2. The van der Waals surface area contributed by atoms with Gasteiger partial charge in [0.25, 0.3) is 0 Å². The molecule has 74 valence electrons. The van der Waals surface area contributed by atoms with E-state index in [1.165, 1.54) is 0 Å². The minimum absolute atomic E-state index is 0.266. The van der Waals surface area contributed by atoms with E-state index in [9.17, 15) is 5.11 Å². The van der Waals surface area contributed by atoms with E-state index in [4.69, 9.17) is 10.3 Å². The molecule has 3 N–H and O–H groups in total. The number of aliphatic hydroxyl groups is 1. The first-order chi connectivity index (χ1) is 6.15. The average Bonchev–Trinajstić information content (AvgIpc) is 2.51. The van der Waals surface area contributed by atoms with Gasteiger partial charge in [-0.15, -0.1) is 0 Å². The van der Waals surface area contributed by atoms with Crippen LogP contribution in [0.3, 0.4) is 0 Å². The largest absolute Gasteiger partial charge is 0.383 e. The Morgan fingerprint density at radius 1 is 1.69 bits per heavy atom. The fraction of sp³-hybridized carbons (Fsp3) is 0.667. The van der Waals surface area contributed by atoms with Crippen LogP contribution in [0.5, 0.6) is 0 Å². The SMILES string of the molecule is CCCC(N)C(O)c1cc(C)no1. The molecule has 0 amide bonds. The van der Waals surface area contributed by atoms with Crippen molar-refractivity contribution in [2.24, 2.45) is 5.73 Å². The molecule has 0 fully saturated rings. The number of hydrogen-bond donors (Lipinski definition) is 2. The van der Waals surface area contributed by atoms with E-state index in [1.54, 1.807) is 6.07 Å². The Morgan fingerprint density at radius 2 is 2.38 bits per heavy atom. The molecule has 0 aliphatic carbocycles. The Balaban J connectivity index is 2.61. The third kappa shape index (κ3) is 2.54. The summed E-state index contributed by atoms with van der Waals surface area (Å²) in [6.45, 7) is 3.84. The summed E-state index contributed by atoms with van der Waals surface area (Å²) >= 11 is 0. The number of aryl methyl sites for hydroxylation is 1. The van der Waals surface area contributed by atoms with Crippen molar-refractivity contribution in [2.75, 3.05) is 0 Å². The van der Waals surface area contributed by atoms with E-state index in [0.29, 0.717) is 5.76 Å². The van der Waals surface area contributed by atoms with E-state index in [2.05, 4.69) is 5.16 Å². The maximum Gasteiger partial charge on any atom is 0.167 e. The third-order valence-corrected chi connectivity index (χ3v) is 1.97. The molecule has 0 aliphatic rings. The number of aliphatic hydroxyl groups excluding tert-OH is 1. The Morgan fingerprint density at radius 3 is 2.85 bits per heavy atom. The molecule has 13 heavy (non-hydrogen) atoms. The molecule has 0 radical (unpaired) electrons. The van der Waals surface area contributed by atoms with Crippen molar-refractivity contribution in [1.82, 2.24) is 5.16 Å². The van der Waals surface area contributed by atoms with Crippen LogP contribution in [-0.2, 0) is 0 Å². The Labute approximate surface area is 77.7 Å². The molecule has 1 aromatic heterocycles. The van der Waals surface area contributed by atoms with Crippen molar-refractivity contribution in [2.45, 2.75) is 38.8 Å². The number of hydrogen-bond acceptors (Lipinski definition) is 4. The van der Waals surface area contributed by atoms with Gasteiger partial charge in [-0.2, -0.15) is 0 Å². The highest BCUT2D eigenvalue weighted by molar-refractivity contribution is 5.07. The molecule has 0 saturated carbocycles. The van der Waals surface area contributed by atoms with Crippen LogP contribution < -0.4 is 5.73 Å². The second-order valence-electron chi connectivity index (χ2n) is 3.27. The van der Waals surface area contributed by atoms with Gasteiger partial charge in [0.2, 0.25) is 0 Å². The smallest absolute Gasteiger partial charge is 0.167 e. The Kier molecular flexibility index (Phi) is 3.45. The number of rotatable bonds is 4. The fourth-order valence-electron chi connectivity index (χ4n) is 1.22. The molecule has 0 aliphatic heterocycles.